The molecule has 138 valence electrons. The zero-order valence-corrected chi connectivity index (χ0v) is 15.5. The number of hydrogen-bond donors (Lipinski definition) is 2. The van der Waals surface area contributed by atoms with Crippen molar-refractivity contribution in [3.63, 3.8) is 0 Å². The van der Waals surface area contributed by atoms with E-state index in [1.54, 1.807) is 11.0 Å². The number of hydrogen-bond acceptors (Lipinski definition) is 3. The predicted octanol–water partition coefficient (Wildman–Crippen LogP) is 1.90. The maximum Gasteiger partial charge on any atom is 0.332 e. The Morgan fingerprint density at radius 2 is 1.74 bits per heavy atom. The smallest absolute Gasteiger partial charge is 0.332 e. The Labute approximate surface area is 158 Å². The Kier molecular flexibility index (Phi) is 5.94. The summed E-state index contributed by atoms with van der Waals surface area (Å²) in [5, 5.41) is 9.99. The van der Waals surface area contributed by atoms with Crippen LogP contribution >= 0.6 is 0 Å². The Morgan fingerprint density at radius 1 is 1.11 bits per heavy atom. The molecule has 0 atom stereocenters. The second-order valence-electron chi connectivity index (χ2n) is 6.33. The molecule has 0 aliphatic carbocycles. The number of aliphatic imine (C=N–C) groups is 1. The van der Waals surface area contributed by atoms with Crippen molar-refractivity contribution in [2.75, 3.05) is 14.1 Å². The predicted molar refractivity (Wildman–Crippen MR) is 104 cm³/mol. The Morgan fingerprint density at radius 3 is 2.37 bits per heavy atom. The van der Waals surface area contributed by atoms with Crippen LogP contribution in [0.4, 0.5) is 5.82 Å². The third-order valence-electron chi connectivity index (χ3n) is 3.86. The van der Waals surface area contributed by atoms with Gasteiger partial charge in [-0.05, 0) is 16.2 Å². The van der Waals surface area contributed by atoms with Gasteiger partial charge in [-0.1, -0.05) is 65.7 Å². The molecule has 0 bridgehead atoms. The van der Waals surface area contributed by atoms with Gasteiger partial charge < -0.3 is 10.2 Å². The average Bonchev–Trinajstić information content (AvgIpc) is 3.08. The quantitative estimate of drug-likeness (QED) is 0.382. The van der Waals surface area contributed by atoms with Crippen molar-refractivity contribution in [3.8, 4) is 0 Å². The molecule has 7 nitrogen and oxygen atoms in total. The van der Waals surface area contributed by atoms with Gasteiger partial charge in [-0.3, -0.25) is 4.79 Å². The van der Waals surface area contributed by atoms with Crippen LogP contribution in [0.5, 0.6) is 0 Å². The summed E-state index contributed by atoms with van der Waals surface area (Å²) in [6.45, 7) is 0.974. The Bertz CT molecular complexity index is 903. The number of benzene rings is 2. The number of carbonyl (C=O) groups excluding carboxylic acids is 1. The average molecular weight is 363 g/mol. The topological polar surface area (TPSA) is 77.3 Å². The molecule has 3 aromatic rings. The van der Waals surface area contributed by atoms with Gasteiger partial charge in [-0.25, -0.2) is 0 Å². The van der Waals surface area contributed by atoms with Crippen LogP contribution in [-0.4, -0.2) is 41.6 Å². The van der Waals surface area contributed by atoms with E-state index in [9.17, 15) is 4.79 Å². The largest absolute Gasteiger partial charge is 0.355 e. The zero-order chi connectivity index (χ0) is 19.1. The minimum absolute atomic E-state index is 0.264. The van der Waals surface area contributed by atoms with Gasteiger partial charge in [-0.15, -0.1) is 5.21 Å². The monoisotopic (exact) mass is 363 g/mol. The number of rotatable bonds is 7. The summed E-state index contributed by atoms with van der Waals surface area (Å²) >= 11 is 0. The molecule has 1 amide bonds. The van der Waals surface area contributed by atoms with Crippen molar-refractivity contribution in [2.45, 2.75) is 13.1 Å². The van der Waals surface area contributed by atoms with Crippen LogP contribution < -0.4 is 10.00 Å². The van der Waals surface area contributed by atoms with Crippen LogP contribution in [0.15, 0.2) is 65.7 Å². The van der Waals surface area contributed by atoms with Crippen molar-refractivity contribution in [2.24, 2.45) is 4.99 Å². The first-order valence-electron chi connectivity index (χ1n) is 8.68. The van der Waals surface area contributed by atoms with Gasteiger partial charge in [-0.2, -0.15) is 4.68 Å². The van der Waals surface area contributed by atoms with E-state index < -0.39 is 0 Å². The number of H-pyrrole nitrogens is 1. The van der Waals surface area contributed by atoms with Crippen LogP contribution in [-0.2, 0) is 13.1 Å². The summed E-state index contributed by atoms with van der Waals surface area (Å²) in [4.78, 5) is 18.9. The van der Waals surface area contributed by atoms with E-state index in [2.05, 4.69) is 20.6 Å². The first-order valence-corrected chi connectivity index (χ1v) is 8.68. The summed E-state index contributed by atoms with van der Waals surface area (Å²) in [6.07, 6.45) is 1.65. The number of aromatic amines is 1. The van der Waals surface area contributed by atoms with Crippen molar-refractivity contribution in [3.05, 3.63) is 77.5 Å². The van der Waals surface area contributed by atoms with Gasteiger partial charge in [0, 0.05) is 20.6 Å². The first kappa shape index (κ1) is 18.3. The van der Waals surface area contributed by atoms with Gasteiger partial charge >= 0.3 is 11.5 Å². The molecule has 0 saturated heterocycles. The molecule has 2 N–H and O–H groups in total. The SMILES string of the molecule is CN(C)C=Nc1c(C(=O)NCc2ccccc2)n[nH][n+]1Cc1ccccc1. The molecule has 0 saturated carbocycles. The highest BCUT2D eigenvalue weighted by molar-refractivity contribution is 5.95. The molecule has 1 aromatic heterocycles. The molecule has 3 rings (SSSR count). The van der Waals surface area contributed by atoms with Gasteiger partial charge in [0.25, 0.3) is 5.91 Å². The Balaban J connectivity index is 1.81. The molecule has 0 radical (unpaired) electrons. The summed E-state index contributed by atoms with van der Waals surface area (Å²) in [7, 11) is 3.75. The first-order chi connectivity index (χ1) is 13.1. The Hall–Kier alpha value is -3.48. The minimum atomic E-state index is -0.271. The van der Waals surface area contributed by atoms with Gasteiger partial charge in [0.2, 0.25) is 0 Å². The second kappa shape index (κ2) is 8.75. The molecule has 0 fully saturated rings. The highest BCUT2D eigenvalue weighted by atomic mass is 16.2. The van der Waals surface area contributed by atoms with Crippen molar-refractivity contribution in [1.29, 1.82) is 0 Å². The molecule has 0 aliphatic rings. The molecular formula is C20H23N6O+. The maximum atomic E-state index is 12.7. The zero-order valence-electron chi connectivity index (χ0n) is 15.5. The highest BCUT2D eigenvalue weighted by Crippen LogP contribution is 2.12. The van der Waals surface area contributed by atoms with Crippen molar-refractivity contribution < 1.29 is 9.48 Å². The minimum Gasteiger partial charge on any atom is -0.355 e. The fourth-order valence-corrected chi connectivity index (χ4v) is 2.53. The van der Waals surface area contributed by atoms with Gasteiger partial charge in [0.1, 0.15) is 6.54 Å². The summed E-state index contributed by atoms with van der Waals surface area (Å²) in [6, 6.07) is 19.7. The summed E-state index contributed by atoms with van der Waals surface area (Å²) in [5.41, 5.74) is 2.38. The van der Waals surface area contributed by atoms with E-state index in [4.69, 9.17) is 0 Å². The third-order valence-corrected chi connectivity index (χ3v) is 3.86. The standard InChI is InChI=1S/C20H22N6O/c1-25(2)15-22-19-18(20(27)21-13-16-9-5-3-6-10-16)23-24-26(19)14-17-11-7-4-8-12-17/h3-12,15H,13-14H2,1-2H3,(H,21,27)/p+1. The normalized spacial score (nSPS) is 10.9. The van der Waals surface area contributed by atoms with E-state index in [0.717, 1.165) is 11.1 Å². The number of amides is 1. The molecule has 0 aliphatic heterocycles. The van der Waals surface area contributed by atoms with Crippen LogP contribution in [0.3, 0.4) is 0 Å². The molecular weight excluding hydrogens is 340 g/mol. The van der Waals surface area contributed by atoms with Gasteiger partial charge in [0.05, 0.1) is 0 Å². The molecule has 0 unspecified atom stereocenters. The van der Waals surface area contributed by atoms with E-state index >= 15 is 0 Å². The fourth-order valence-electron chi connectivity index (χ4n) is 2.53. The lowest BCUT2D eigenvalue weighted by Crippen LogP contribution is -2.37. The fraction of sp³-hybridized carbons (Fsp3) is 0.200. The number of nitrogens with one attached hydrogen (secondary N) is 2. The molecule has 7 heteroatoms. The summed E-state index contributed by atoms with van der Waals surface area (Å²) in [5.74, 6) is 0.214. The van der Waals surface area contributed by atoms with E-state index in [0.29, 0.717) is 18.9 Å². The lowest BCUT2D eigenvalue weighted by atomic mass is 10.2. The lowest BCUT2D eigenvalue weighted by Gasteiger charge is -2.03. The summed E-state index contributed by atoms with van der Waals surface area (Å²) < 4.78 is 1.76. The van der Waals surface area contributed by atoms with Gasteiger partial charge in [0.15, 0.2) is 6.34 Å². The second-order valence-corrected chi connectivity index (χ2v) is 6.33. The number of carbonyl (C=O) groups is 1. The van der Waals surface area contributed by atoms with Crippen LogP contribution in [0.25, 0.3) is 0 Å². The lowest BCUT2D eigenvalue weighted by molar-refractivity contribution is -0.733. The molecule has 27 heavy (non-hydrogen) atoms. The maximum absolute atomic E-state index is 12.7. The third kappa shape index (κ3) is 5.01. The van der Waals surface area contributed by atoms with Crippen LogP contribution in [0.2, 0.25) is 0 Å². The van der Waals surface area contributed by atoms with E-state index in [1.165, 1.54) is 0 Å². The van der Waals surface area contributed by atoms with Crippen LogP contribution in [0.1, 0.15) is 21.6 Å². The molecule has 1 heterocycles. The molecule has 0 spiro atoms. The van der Waals surface area contributed by atoms with Crippen LogP contribution in [0, 0.1) is 0 Å². The number of aromatic nitrogens is 3. The highest BCUT2D eigenvalue weighted by Gasteiger charge is 2.27. The van der Waals surface area contributed by atoms with E-state index in [1.807, 2.05) is 79.7 Å². The number of nitrogens with zero attached hydrogens (tertiary/aromatic N) is 4. The van der Waals surface area contributed by atoms with Crippen molar-refractivity contribution >= 4 is 18.1 Å². The molecule has 2 aromatic carbocycles. The van der Waals surface area contributed by atoms with E-state index in [-0.39, 0.29) is 11.6 Å². The van der Waals surface area contributed by atoms with Crippen molar-refractivity contribution in [1.82, 2.24) is 20.5 Å².